The van der Waals surface area contributed by atoms with Gasteiger partial charge in [-0.3, -0.25) is 0 Å². The number of anilines is 1. The summed E-state index contributed by atoms with van der Waals surface area (Å²) in [6.07, 6.45) is 4.40. The summed E-state index contributed by atoms with van der Waals surface area (Å²) < 4.78 is 0. The average molecular weight is 202 g/mol. The minimum Gasteiger partial charge on any atom is -0.372 e. The first kappa shape index (κ1) is 10.2. The molecular weight excluding hydrogens is 184 g/mol. The lowest BCUT2D eigenvalue weighted by molar-refractivity contribution is 0.910. The third kappa shape index (κ3) is 2.21. The molecule has 0 aromatic heterocycles. The smallest absolute Gasteiger partial charge is 0.0478 e. The Kier molecular flexibility index (Phi) is 3.07. The number of benzene rings is 1. The molecule has 0 saturated carbocycles. The molecule has 1 aliphatic rings. The molecule has 1 aromatic carbocycles. The molecule has 1 aromatic rings. The van der Waals surface area contributed by atoms with Crippen LogP contribution in [0.2, 0.25) is 0 Å². The number of nitrogens with zero attached hydrogens (tertiary/aromatic N) is 1. The van der Waals surface area contributed by atoms with Gasteiger partial charge in [0.1, 0.15) is 0 Å². The van der Waals surface area contributed by atoms with Crippen molar-refractivity contribution in [2.24, 2.45) is 5.73 Å². The Morgan fingerprint density at radius 2 is 1.80 bits per heavy atom. The van der Waals surface area contributed by atoms with Crippen LogP contribution in [-0.4, -0.2) is 13.1 Å². The highest BCUT2D eigenvalue weighted by atomic mass is 15.1. The maximum Gasteiger partial charge on any atom is 0.0478 e. The van der Waals surface area contributed by atoms with E-state index in [9.17, 15) is 0 Å². The van der Waals surface area contributed by atoms with Gasteiger partial charge in [0.05, 0.1) is 0 Å². The maximum absolute atomic E-state index is 5.87. The van der Waals surface area contributed by atoms with E-state index in [0.29, 0.717) is 0 Å². The van der Waals surface area contributed by atoms with Crippen LogP contribution in [0.1, 0.15) is 24.4 Å². The Morgan fingerprint density at radius 3 is 2.33 bits per heavy atom. The van der Waals surface area contributed by atoms with E-state index in [4.69, 9.17) is 5.73 Å². The monoisotopic (exact) mass is 202 g/mol. The fraction of sp³-hybridized carbons (Fsp3) is 0.385. The van der Waals surface area contributed by atoms with E-state index < -0.39 is 0 Å². The second-order valence-corrected chi connectivity index (χ2v) is 4.05. The fourth-order valence-corrected chi connectivity index (χ4v) is 2.02. The van der Waals surface area contributed by atoms with Gasteiger partial charge in [-0.15, -0.1) is 6.58 Å². The molecule has 2 N–H and O–H groups in total. The van der Waals surface area contributed by atoms with Crippen LogP contribution >= 0.6 is 0 Å². The quantitative estimate of drug-likeness (QED) is 0.763. The lowest BCUT2D eigenvalue weighted by Crippen LogP contribution is -2.17. The summed E-state index contributed by atoms with van der Waals surface area (Å²) in [4.78, 5) is 2.42. The van der Waals surface area contributed by atoms with Gasteiger partial charge in [0.2, 0.25) is 0 Å². The van der Waals surface area contributed by atoms with Gasteiger partial charge in [-0.2, -0.15) is 0 Å². The van der Waals surface area contributed by atoms with Crippen LogP contribution in [0.5, 0.6) is 0 Å². The molecule has 0 unspecified atom stereocenters. The third-order valence-corrected chi connectivity index (χ3v) is 3.00. The van der Waals surface area contributed by atoms with Crippen molar-refractivity contribution < 1.29 is 0 Å². The highest BCUT2D eigenvalue weighted by molar-refractivity contribution is 5.48. The van der Waals surface area contributed by atoms with Crippen molar-refractivity contribution >= 4 is 5.69 Å². The van der Waals surface area contributed by atoms with Crippen LogP contribution in [0.25, 0.3) is 0 Å². The van der Waals surface area contributed by atoms with Crippen LogP contribution in [-0.2, 0) is 0 Å². The summed E-state index contributed by atoms with van der Waals surface area (Å²) in [6.45, 7) is 6.08. The number of hydrogen-bond donors (Lipinski definition) is 1. The van der Waals surface area contributed by atoms with Gasteiger partial charge in [0.15, 0.2) is 0 Å². The minimum absolute atomic E-state index is 0.0439. The van der Waals surface area contributed by atoms with Gasteiger partial charge in [0.25, 0.3) is 0 Å². The molecule has 2 rings (SSSR count). The predicted octanol–water partition coefficient (Wildman–Crippen LogP) is 2.47. The molecule has 0 aliphatic carbocycles. The Morgan fingerprint density at radius 1 is 1.20 bits per heavy atom. The fourth-order valence-electron chi connectivity index (χ4n) is 2.02. The number of nitrogens with two attached hydrogens (primary N) is 1. The van der Waals surface area contributed by atoms with Crippen molar-refractivity contribution in [1.82, 2.24) is 0 Å². The van der Waals surface area contributed by atoms with Gasteiger partial charge in [-0.25, -0.2) is 0 Å². The van der Waals surface area contributed by atoms with Crippen LogP contribution in [0.4, 0.5) is 5.69 Å². The zero-order valence-corrected chi connectivity index (χ0v) is 9.02. The number of rotatable bonds is 3. The zero-order chi connectivity index (χ0) is 10.7. The highest BCUT2D eigenvalue weighted by Gasteiger charge is 2.12. The lowest BCUT2D eigenvalue weighted by atomic mass is 10.1. The van der Waals surface area contributed by atoms with E-state index in [1.165, 1.54) is 31.6 Å². The lowest BCUT2D eigenvalue weighted by Gasteiger charge is -2.18. The largest absolute Gasteiger partial charge is 0.372 e. The zero-order valence-electron chi connectivity index (χ0n) is 9.02. The Labute approximate surface area is 91.4 Å². The van der Waals surface area contributed by atoms with E-state index in [1.54, 1.807) is 6.08 Å². The first-order chi connectivity index (χ1) is 7.31. The van der Waals surface area contributed by atoms with E-state index in [0.717, 1.165) is 5.56 Å². The summed E-state index contributed by atoms with van der Waals surface area (Å²) in [6, 6.07) is 8.46. The average Bonchev–Trinajstić information content (AvgIpc) is 2.82. The van der Waals surface area contributed by atoms with Gasteiger partial charge in [-0.05, 0) is 30.5 Å². The number of hydrogen-bond acceptors (Lipinski definition) is 2. The third-order valence-electron chi connectivity index (χ3n) is 3.00. The first-order valence-electron chi connectivity index (χ1n) is 5.54. The van der Waals surface area contributed by atoms with Crippen LogP contribution in [0, 0.1) is 0 Å². The highest BCUT2D eigenvalue weighted by Crippen LogP contribution is 2.22. The van der Waals surface area contributed by atoms with Crippen molar-refractivity contribution in [1.29, 1.82) is 0 Å². The molecule has 0 amide bonds. The predicted molar refractivity (Wildman–Crippen MR) is 65.0 cm³/mol. The molecule has 2 nitrogen and oxygen atoms in total. The van der Waals surface area contributed by atoms with Crippen molar-refractivity contribution in [3.63, 3.8) is 0 Å². The van der Waals surface area contributed by atoms with Crippen molar-refractivity contribution in [2.75, 3.05) is 18.0 Å². The Hall–Kier alpha value is -1.28. The second kappa shape index (κ2) is 4.49. The van der Waals surface area contributed by atoms with Crippen LogP contribution < -0.4 is 10.6 Å². The summed E-state index contributed by atoms with van der Waals surface area (Å²) in [7, 11) is 0. The molecular formula is C13H18N2. The van der Waals surface area contributed by atoms with Gasteiger partial charge >= 0.3 is 0 Å². The standard InChI is InChI=1S/C13H18N2/c1-2-13(14)11-5-7-12(8-6-11)15-9-3-4-10-15/h2,5-8,13H,1,3-4,9-10,14H2/t13-/m0/s1. The first-order valence-corrected chi connectivity index (χ1v) is 5.54. The molecule has 1 saturated heterocycles. The molecule has 15 heavy (non-hydrogen) atoms. The summed E-state index contributed by atoms with van der Waals surface area (Å²) >= 11 is 0. The Bertz CT molecular complexity index is 323. The van der Waals surface area contributed by atoms with E-state index >= 15 is 0 Å². The molecule has 0 spiro atoms. The molecule has 1 fully saturated rings. The van der Waals surface area contributed by atoms with Gasteiger partial charge in [0, 0.05) is 24.8 Å². The van der Waals surface area contributed by atoms with Crippen LogP contribution in [0.15, 0.2) is 36.9 Å². The van der Waals surface area contributed by atoms with Crippen molar-refractivity contribution in [3.05, 3.63) is 42.5 Å². The topological polar surface area (TPSA) is 29.3 Å². The van der Waals surface area contributed by atoms with Gasteiger partial charge < -0.3 is 10.6 Å². The van der Waals surface area contributed by atoms with Crippen molar-refractivity contribution in [3.8, 4) is 0 Å². The molecule has 0 radical (unpaired) electrons. The van der Waals surface area contributed by atoms with E-state index in [2.05, 4.69) is 35.7 Å². The summed E-state index contributed by atoms with van der Waals surface area (Å²) in [5.41, 5.74) is 8.31. The Balaban J connectivity index is 2.12. The SMILES string of the molecule is C=C[C@H](N)c1ccc(N2CCCC2)cc1. The molecule has 80 valence electrons. The minimum atomic E-state index is -0.0439. The second-order valence-electron chi connectivity index (χ2n) is 4.05. The van der Waals surface area contributed by atoms with Crippen molar-refractivity contribution in [2.45, 2.75) is 18.9 Å². The molecule has 0 bridgehead atoms. The molecule has 2 heteroatoms. The summed E-state index contributed by atoms with van der Waals surface area (Å²) in [5.74, 6) is 0. The van der Waals surface area contributed by atoms with E-state index in [1.807, 2.05) is 0 Å². The van der Waals surface area contributed by atoms with Crippen LogP contribution in [0.3, 0.4) is 0 Å². The van der Waals surface area contributed by atoms with E-state index in [-0.39, 0.29) is 6.04 Å². The normalized spacial score (nSPS) is 17.8. The van der Waals surface area contributed by atoms with Gasteiger partial charge in [-0.1, -0.05) is 18.2 Å². The molecule has 1 aliphatic heterocycles. The maximum atomic E-state index is 5.87. The molecule has 1 heterocycles. The summed E-state index contributed by atoms with van der Waals surface area (Å²) in [5, 5.41) is 0. The molecule has 1 atom stereocenters.